The van der Waals surface area contributed by atoms with Gasteiger partial charge in [0.1, 0.15) is 25.4 Å². The number of nitrogens with one attached hydrogen (secondary N) is 4. The maximum Gasteiger partial charge on any atom is 0.322 e. The minimum Gasteiger partial charge on any atom is -0.469 e. The molecule has 0 bridgehead atoms. The smallest absolute Gasteiger partial charge is 0.322 e. The van der Waals surface area contributed by atoms with Gasteiger partial charge in [-0.05, 0) is 38.0 Å². The fourth-order valence-electron chi connectivity index (χ4n) is 7.26. The van der Waals surface area contributed by atoms with E-state index in [1.807, 2.05) is 13.8 Å². The van der Waals surface area contributed by atoms with E-state index in [0.29, 0.717) is 25.1 Å². The molecule has 9 atom stereocenters. The van der Waals surface area contributed by atoms with E-state index in [0.717, 1.165) is 7.11 Å². The number of Topliss-reactive ketones (excluding diaryl/α,β-unsaturated/α-hetero) is 2. The first-order valence-corrected chi connectivity index (χ1v) is 21.6. The number of aromatic nitrogens is 2. The summed E-state index contributed by atoms with van der Waals surface area (Å²) < 4.78 is 23.8. The Hall–Kier alpha value is -4.48. The summed E-state index contributed by atoms with van der Waals surface area (Å²) in [5, 5.41) is 18.4. The lowest BCUT2D eigenvalue weighted by atomic mass is 9.87. The number of carbonyl (C=O) groups is 8. The Morgan fingerprint density at radius 2 is 1.60 bits per heavy atom. The zero-order valence-electron chi connectivity index (χ0n) is 34.8. The SMILES string of the molecule is COC(=O)[C@H](C)CP(=O)(C[C@H](C)[C@H](CC(=O)[C@H](CO)NC(=O)[C@@H](CC(=O)[C@H](CC(C)C)NC(=O)[C@@H]1CCCN1C(C)=O)Cc1cnc[nH]1)C(N)=O)N[C@@H](C)C(=O)OC. The minimum absolute atomic E-state index is 0.0236. The number of imidazole rings is 1. The Labute approximate surface area is 339 Å². The highest BCUT2D eigenvalue weighted by molar-refractivity contribution is 7.62. The summed E-state index contributed by atoms with van der Waals surface area (Å²) in [4.78, 5) is 112. The van der Waals surface area contributed by atoms with Gasteiger partial charge >= 0.3 is 11.9 Å². The van der Waals surface area contributed by atoms with E-state index in [4.69, 9.17) is 15.2 Å². The number of aliphatic hydroxyl groups excluding tert-OH is 1. The predicted octanol–water partition coefficient (Wildman–Crippen LogP) is 0.482. The number of carbonyl (C=O) groups excluding carboxylic acids is 8. The molecule has 1 fully saturated rings. The van der Waals surface area contributed by atoms with Crippen molar-refractivity contribution in [3.63, 3.8) is 0 Å². The highest BCUT2D eigenvalue weighted by Gasteiger charge is 2.39. The van der Waals surface area contributed by atoms with Crippen molar-refractivity contribution < 1.29 is 57.5 Å². The van der Waals surface area contributed by atoms with Gasteiger partial charge < -0.3 is 45.4 Å². The fourth-order valence-corrected chi connectivity index (χ4v) is 10.7. The van der Waals surface area contributed by atoms with Crippen molar-refractivity contribution in [2.45, 2.75) is 104 Å². The summed E-state index contributed by atoms with van der Waals surface area (Å²) in [7, 11) is -1.36. The molecule has 326 valence electrons. The molecule has 2 heterocycles. The van der Waals surface area contributed by atoms with E-state index >= 15 is 0 Å². The molecule has 0 aromatic carbocycles. The molecule has 20 heteroatoms. The summed E-state index contributed by atoms with van der Waals surface area (Å²) in [6.45, 7) is 9.11. The van der Waals surface area contributed by atoms with Crippen LogP contribution in [-0.2, 0) is 58.8 Å². The van der Waals surface area contributed by atoms with Crippen LogP contribution >= 0.6 is 7.29 Å². The number of H-pyrrole nitrogens is 1. The lowest BCUT2D eigenvalue weighted by Crippen LogP contribution is -2.52. The van der Waals surface area contributed by atoms with Crippen molar-refractivity contribution in [3.05, 3.63) is 18.2 Å². The average Bonchev–Trinajstić information content (AvgIpc) is 3.87. The Balaban J connectivity index is 2.30. The molecule has 1 aliphatic rings. The summed E-state index contributed by atoms with van der Waals surface area (Å²) in [6, 6.07) is -4.29. The van der Waals surface area contributed by atoms with E-state index in [1.54, 1.807) is 0 Å². The van der Waals surface area contributed by atoms with Gasteiger partial charge in [-0.15, -0.1) is 0 Å². The quantitative estimate of drug-likeness (QED) is 0.0577. The zero-order chi connectivity index (χ0) is 43.9. The second-order valence-electron chi connectivity index (χ2n) is 15.7. The lowest BCUT2D eigenvalue weighted by molar-refractivity contribution is -0.144. The summed E-state index contributed by atoms with van der Waals surface area (Å²) >= 11 is 0. The number of primary amides is 1. The number of ether oxygens (including phenoxy) is 2. The maximum absolute atomic E-state index is 14.3. The first kappa shape index (κ1) is 49.7. The normalized spacial score (nSPS) is 18.7. The first-order valence-electron chi connectivity index (χ1n) is 19.5. The van der Waals surface area contributed by atoms with Crippen LogP contribution in [0.2, 0.25) is 0 Å². The van der Waals surface area contributed by atoms with Crippen molar-refractivity contribution in [1.82, 2.24) is 30.6 Å². The largest absolute Gasteiger partial charge is 0.469 e. The molecule has 1 aromatic rings. The third kappa shape index (κ3) is 15.0. The van der Waals surface area contributed by atoms with Gasteiger partial charge in [0.25, 0.3) is 0 Å². The van der Waals surface area contributed by atoms with E-state index in [9.17, 15) is 48.0 Å². The molecular formula is C38H62N7O12P. The summed E-state index contributed by atoms with van der Waals surface area (Å²) in [5.41, 5.74) is 6.23. The van der Waals surface area contributed by atoms with Crippen molar-refractivity contribution in [1.29, 1.82) is 0 Å². The second kappa shape index (κ2) is 23.2. The minimum atomic E-state index is -3.68. The molecule has 1 aromatic heterocycles. The maximum atomic E-state index is 14.3. The van der Waals surface area contributed by atoms with E-state index < -0.39 is 109 Å². The molecule has 1 aliphatic heterocycles. The van der Waals surface area contributed by atoms with Gasteiger partial charge in [-0.1, -0.05) is 27.7 Å². The van der Waals surface area contributed by atoms with Crippen LogP contribution in [0.3, 0.4) is 0 Å². The summed E-state index contributed by atoms with van der Waals surface area (Å²) in [5.74, 6) is -9.14. The predicted molar refractivity (Wildman–Crippen MR) is 211 cm³/mol. The van der Waals surface area contributed by atoms with E-state index in [2.05, 4.69) is 25.7 Å². The van der Waals surface area contributed by atoms with E-state index in [-0.39, 0.29) is 43.4 Å². The molecule has 0 aliphatic carbocycles. The lowest BCUT2D eigenvalue weighted by Gasteiger charge is -2.30. The number of rotatable bonds is 25. The van der Waals surface area contributed by atoms with Crippen molar-refractivity contribution in [2.75, 3.05) is 39.7 Å². The molecule has 7 N–H and O–H groups in total. The van der Waals surface area contributed by atoms with Gasteiger partial charge in [-0.25, -0.2) is 4.98 Å². The average molecular weight is 840 g/mol. The van der Waals surface area contributed by atoms with Crippen LogP contribution in [0.15, 0.2) is 12.5 Å². The van der Waals surface area contributed by atoms with Crippen LogP contribution in [0, 0.1) is 29.6 Å². The third-order valence-electron chi connectivity index (χ3n) is 10.3. The highest BCUT2D eigenvalue weighted by Crippen LogP contribution is 2.47. The fraction of sp³-hybridized carbons (Fsp3) is 0.711. The highest BCUT2D eigenvalue weighted by atomic mass is 31.2. The standard InChI is InChI=1S/C38H62N7O12P/c1-21(2)12-29(42-36(52)31-10-9-11-45(31)25(6)47)32(48)14-26(13-27-16-40-20-41-27)35(51)43-30(17-46)33(49)15-28(34(39)50)22(3)18-58(55,19-23(4)37(53)56-7)44-24(5)38(54)57-8/h16,20-24,26,28-31,46H,9-15,17-19H2,1-8H3,(H2,39,50)(H,40,41)(H,42,52)(H,43,51)(H,44,55)/t22-,23+,24-,26+,28-,29-,30-,31-,58?/m0/s1. The van der Waals surface area contributed by atoms with Gasteiger partial charge in [0.15, 0.2) is 11.6 Å². The number of methoxy groups -OCH3 is 2. The van der Waals surface area contributed by atoms with Gasteiger partial charge in [-0.3, -0.25) is 43.4 Å². The van der Waals surface area contributed by atoms with Crippen molar-refractivity contribution in [2.24, 2.45) is 35.3 Å². The van der Waals surface area contributed by atoms with Crippen LogP contribution in [0.5, 0.6) is 0 Å². The molecule has 2 rings (SSSR count). The van der Waals surface area contributed by atoms with Gasteiger partial charge in [0.2, 0.25) is 23.6 Å². The van der Waals surface area contributed by atoms with Crippen molar-refractivity contribution >= 4 is 54.4 Å². The topological polar surface area (TPSA) is 286 Å². The van der Waals surface area contributed by atoms with Crippen LogP contribution in [0.4, 0.5) is 0 Å². The van der Waals surface area contributed by atoms with Crippen LogP contribution in [0.25, 0.3) is 0 Å². The molecule has 1 unspecified atom stereocenters. The molecule has 0 spiro atoms. The molecule has 0 saturated carbocycles. The monoisotopic (exact) mass is 839 g/mol. The number of hydrogen-bond donors (Lipinski definition) is 6. The number of likely N-dealkylation sites (tertiary alicyclic amines) is 1. The number of ketones is 2. The Bertz CT molecular complexity index is 1630. The zero-order valence-corrected chi connectivity index (χ0v) is 35.7. The molecule has 0 radical (unpaired) electrons. The number of aromatic amines is 1. The first-order chi connectivity index (χ1) is 27.2. The molecular weight excluding hydrogens is 777 g/mol. The molecule has 58 heavy (non-hydrogen) atoms. The molecule has 1 saturated heterocycles. The number of esters is 2. The number of nitrogens with zero attached hydrogens (tertiary/aromatic N) is 2. The van der Waals surface area contributed by atoms with Crippen LogP contribution < -0.4 is 21.5 Å². The van der Waals surface area contributed by atoms with Gasteiger partial charge in [0.05, 0.1) is 45.0 Å². The summed E-state index contributed by atoms with van der Waals surface area (Å²) in [6.07, 6.45) is 2.70. The Morgan fingerprint density at radius 3 is 2.14 bits per heavy atom. The van der Waals surface area contributed by atoms with Gasteiger partial charge in [0, 0.05) is 62.9 Å². The Morgan fingerprint density at radius 1 is 0.966 bits per heavy atom. The number of nitrogens with two attached hydrogens (primary N) is 1. The van der Waals surface area contributed by atoms with Crippen LogP contribution in [0.1, 0.15) is 79.3 Å². The van der Waals surface area contributed by atoms with Gasteiger partial charge in [-0.2, -0.15) is 0 Å². The van der Waals surface area contributed by atoms with Crippen LogP contribution in [-0.4, -0.2) is 131 Å². The Kier molecular flexibility index (Phi) is 19.9. The second-order valence-corrected chi connectivity index (χ2v) is 18.4. The molecule has 4 amide bonds. The van der Waals surface area contributed by atoms with E-state index in [1.165, 1.54) is 52.2 Å². The number of aliphatic hydroxyl groups is 1. The number of amides is 4. The number of hydrogen-bond acceptors (Lipinski definition) is 13. The van der Waals surface area contributed by atoms with Crippen molar-refractivity contribution in [3.8, 4) is 0 Å². The molecule has 19 nitrogen and oxygen atoms in total. The third-order valence-corrected chi connectivity index (χ3v) is 13.5.